The van der Waals surface area contributed by atoms with Gasteiger partial charge in [-0.05, 0) is 44.4 Å². The molecule has 2 fully saturated rings. The summed E-state index contributed by atoms with van der Waals surface area (Å²) in [5.74, 6) is 1.11. The Morgan fingerprint density at radius 1 is 1.20 bits per heavy atom. The van der Waals surface area contributed by atoms with Crippen LogP contribution in [0.5, 0.6) is 5.75 Å². The van der Waals surface area contributed by atoms with Gasteiger partial charge in [0, 0.05) is 31.1 Å². The van der Waals surface area contributed by atoms with Crippen LogP contribution in [0.2, 0.25) is 0 Å². The normalized spacial score (nSPS) is 35.9. The van der Waals surface area contributed by atoms with E-state index in [2.05, 4.69) is 41.5 Å². The van der Waals surface area contributed by atoms with E-state index in [0.717, 1.165) is 36.8 Å². The van der Waals surface area contributed by atoms with Crippen molar-refractivity contribution in [2.45, 2.75) is 56.3 Å². The van der Waals surface area contributed by atoms with E-state index in [0.29, 0.717) is 6.10 Å². The summed E-state index contributed by atoms with van der Waals surface area (Å²) >= 11 is 0. The molecule has 0 radical (unpaired) electrons. The van der Waals surface area contributed by atoms with Crippen LogP contribution in [0.15, 0.2) is 24.3 Å². The van der Waals surface area contributed by atoms with E-state index < -0.39 is 0 Å². The molecule has 1 N–H and O–H groups in total. The molecule has 3 atom stereocenters. The summed E-state index contributed by atoms with van der Waals surface area (Å²) in [4.78, 5) is 2.74. The highest BCUT2D eigenvalue weighted by Crippen LogP contribution is 2.37. The molecule has 0 amide bonds. The first kappa shape index (κ1) is 12.7. The van der Waals surface area contributed by atoms with E-state index in [-0.39, 0.29) is 0 Å². The molecule has 3 unspecified atom stereocenters. The number of ether oxygens (including phenoxy) is 1. The Bertz CT molecular complexity index is 451. The average Bonchev–Trinajstić information content (AvgIpc) is 2.96. The summed E-state index contributed by atoms with van der Waals surface area (Å²) < 4.78 is 6.13. The lowest BCUT2D eigenvalue weighted by atomic mass is 9.96. The van der Waals surface area contributed by atoms with Gasteiger partial charge in [0.15, 0.2) is 0 Å². The van der Waals surface area contributed by atoms with Crippen molar-refractivity contribution < 1.29 is 4.74 Å². The molecular weight excluding hydrogens is 248 g/mol. The smallest absolute Gasteiger partial charge is 0.123 e. The van der Waals surface area contributed by atoms with Crippen LogP contribution in [0.25, 0.3) is 0 Å². The number of para-hydroxylation sites is 1. The maximum atomic E-state index is 6.13. The third-order valence-electron chi connectivity index (χ3n) is 5.42. The van der Waals surface area contributed by atoms with E-state index in [1.54, 1.807) is 0 Å². The lowest BCUT2D eigenvalue weighted by Gasteiger charge is -2.39. The zero-order chi connectivity index (χ0) is 13.5. The van der Waals surface area contributed by atoms with Gasteiger partial charge in [-0.25, -0.2) is 0 Å². The zero-order valence-electron chi connectivity index (χ0n) is 12.2. The van der Waals surface area contributed by atoms with Gasteiger partial charge >= 0.3 is 0 Å². The van der Waals surface area contributed by atoms with E-state index in [9.17, 15) is 0 Å². The van der Waals surface area contributed by atoms with Gasteiger partial charge in [-0.1, -0.05) is 18.2 Å². The lowest BCUT2D eigenvalue weighted by molar-refractivity contribution is 0.0724. The Labute approximate surface area is 121 Å². The maximum Gasteiger partial charge on any atom is 0.123 e. The highest BCUT2D eigenvalue weighted by atomic mass is 16.5. The van der Waals surface area contributed by atoms with Crippen LogP contribution in [0.4, 0.5) is 0 Å². The second-order valence-corrected chi connectivity index (χ2v) is 6.59. The standard InChI is InChI=1S/C17H24N2O/c1-18-13-9-14-6-7-15(10-13)19(14)11-16-8-12-4-2-3-5-17(12)20-16/h2-5,13-16,18H,6-11H2,1H3. The van der Waals surface area contributed by atoms with Crippen LogP contribution in [0.1, 0.15) is 31.2 Å². The van der Waals surface area contributed by atoms with Crippen molar-refractivity contribution in [2.24, 2.45) is 0 Å². The van der Waals surface area contributed by atoms with Gasteiger partial charge in [-0.15, -0.1) is 0 Å². The first-order valence-electron chi connectivity index (χ1n) is 8.01. The first-order chi connectivity index (χ1) is 9.83. The molecule has 0 saturated carbocycles. The molecule has 1 aromatic carbocycles. The summed E-state index contributed by atoms with van der Waals surface area (Å²) in [5.41, 5.74) is 1.38. The molecule has 3 heteroatoms. The highest BCUT2D eigenvalue weighted by Gasteiger charge is 2.41. The number of hydrogen-bond acceptors (Lipinski definition) is 3. The van der Waals surface area contributed by atoms with E-state index in [4.69, 9.17) is 4.74 Å². The summed E-state index contributed by atoms with van der Waals surface area (Å²) in [6, 6.07) is 10.8. The van der Waals surface area contributed by atoms with Crippen LogP contribution in [0.3, 0.4) is 0 Å². The summed E-state index contributed by atoms with van der Waals surface area (Å²) in [6.07, 6.45) is 6.83. The fourth-order valence-corrected chi connectivity index (χ4v) is 4.40. The Morgan fingerprint density at radius 3 is 2.65 bits per heavy atom. The van der Waals surface area contributed by atoms with Crippen LogP contribution in [0, 0.1) is 0 Å². The fourth-order valence-electron chi connectivity index (χ4n) is 4.40. The molecule has 2 bridgehead atoms. The van der Waals surface area contributed by atoms with E-state index in [1.807, 2.05) is 0 Å². The second kappa shape index (κ2) is 5.05. The molecule has 3 heterocycles. The molecule has 3 aliphatic rings. The molecule has 2 saturated heterocycles. The van der Waals surface area contributed by atoms with Gasteiger partial charge in [0.1, 0.15) is 11.9 Å². The van der Waals surface area contributed by atoms with Crippen LogP contribution < -0.4 is 10.1 Å². The first-order valence-corrected chi connectivity index (χ1v) is 8.01. The van der Waals surface area contributed by atoms with E-state index >= 15 is 0 Å². The summed E-state index contributed by atoms with van der Waals surface area (Å²) in [5, 5.41) is 3.48. The Kier molecular flexibility index (Phi) is 3.20. The predicted molar refractivity (Wildman–Crippen MR) is 80.2 cm³/mol. The fraction of sp³-hybridized carbons (Fsp3) is 0.647. The van der Waals surface area contributed by atoms with Gasteiger partial charge in [0.25, 0.3) is 0 Å². The largest absolute Gasteiger partial charge is 0.488 e. The number of rotatable bonds is 3. The molecule has 0 aliphatic carbocycles. The number of benzene rings is 1. The van der Waals surface area contributed by atoms with Gasteiger partial charge < -0.3 is 10.1 Å². The SMILES string of the molecule is CNC1CC2CCC(C1)N2CC1Cc2ccccc2O1. The number of piperidine rings is 1. The highest BCUT2D eigenvalue weighted by molar-refractivity contribution is 5.37. The topological polar surface area (TPSA) is 24.5 Å². The van der Waals surface area contributed by atoms with Gasteiger partial charge in [-0.3, -0.25) is 4.90 Å². The van der Waals surface area contributed by atoms with Crippen LogP contribution >= 0.6 is 0 Å². The lowest BCUT2D eigenvalue weighted by Crippen LogP contribution is -2.51. The molecule has 108 valence electrons. The minimum Gasteiger partial charge on any atom is -0.488 e. The number of nitrogens with zero attached hydrogens (tertiary/aromatic N) is 1. The maximum absolute atomic E-state index is 6.13. The predicted octanol–water partition coefficient (Wildman–Crippen LogP) is 2.20. The molecule has 4 rings (SSSR count). The summed E-state index contributed by atoms with van der Waals surface area (Å²) in [6.45, 7) is 1.11. The minimum atomic E-state index is 0.363. The van der Waals surface area contributed by atoms with Gasteiger partial charge in [-0.2, -0.15) is 0 Å². The Morgan fingerprint density at radius 2 is 1.95 bits per heavy atom. The van der Waals surface area contributed by atoms with Crippen molar-refractivity contribution in [1.82, 2.24) is 10.2 Å². The average molecular weight is 272 g/mol. The van der Waals surface area contributed by atoms with Crippen molar-refractivity contribution >= 4 is 0 Å². The summed E-state index contributed by atoms with van der Waals surface area (Å²) in [7, 11) is 2.11. The zero-order valence-corrected chi connectivity index (χ0v) is 12.2. The Hall–Kier alpha value is -1.06. The van der Waals surface area contributed by atoms with Crippen molar-refractivity contribution in [3.8, 4) is 5.75 Å². The van der Waals surface area contributed by atoms with E-state index in [1.165, 1.54) is 31.2 Å². The molecular formula is C17H24N2O. The number of fused-ring (bicyclic) bond motifs is 3. The van der Waals surface area contributed by atoms with Crippen LogP contribution in [-0.2, 0) is 6.42 Å². The molecule has 3 nitrogen and oxygen atoms in total. The third-order valence-corrected chi connectivity index (χ3v) is 5.42. The molecule has 3 aliphatic heterocycles. The molecule has 0 spiro atoms. The van der Waals surface area contributed by atoms with Crippen LogP contribution in [-0.4, -0.2) is 42.7 Å². The van der Waals surface area contributed by atoms with Gasteiger partial charge in [0.05, 0.1) is 0 Å². The second-order valence-electron chi connectivity index (χ2n) is 6.59. The van der Waals surface area contributed by atoms with Crippen molar-refractivity contribution in [2.75, 3.05) is 13.6 Å². The third kappa shape index (κ3) is 2.13. The monoisotopic (exact) mass is 272 g/mol. The molecule has 20 heavy (non-hydrogen) atoms. The number of hydrogen-bond donors (Lipinski definition) is 1. The van der Waals surface area contributed by atoms with Crippen molar-refractivity contribution in [1.29, 1.82) is 0 Å². The minimum absolute atomic E-state index is 0.363. The molecule has 0 aromatic heterocycles. The van der Waals surface area contributed by atoms with Gasteiger partial charge in [0.2, 0.25) is 0 Å². The van der Waals surface area contributed by atoms with Crippen molar-refractivity contribution in [3.05, 3.63) is 29.8 Å². The Balaban J connectivity index is 1.42. The van der Waals surface area contributed by atoms with Crippen molar-refractivity contribution in [3.63, 3.8) is 0 Å². The number of nitrogens with one attached hydrogen (secondary N) is 1. The molecule has 1 aromatic rings. The quantitative estimate of drug-likeness (QED) is 0.913.